The van der Waals surface area contributed by atoms with E-state index in [1.807, 2.05) is 6.92 Å². The first kappa shape index (κ1) is 16.0. The molecule has 2 aromatic heterocycles. The van der Waals surface area contributed by atoms with Gasteiger partial charge < -0.3 is 10.4 Å². The molecule has 0 bridgehead atoms. The Morgan fingerprint density at radius 2 is 2.14 bits per heavy atom. The third-order valence-corrected chi connectivity index (χ3v) is 3.41. The zero-order chi connectivity index (χ0) is 16.1. The summed E-state index contributed by atoms with van der Waals surface area (Å²) >= 11 is 6.01. The van der Waals surface area contributed by atoms with Gasteiger partial charge in [0.05, 0.1) is 35.2 Å². The lowest BCUT2D eigenvalue weighted by Crippen LogP contribution is -2.25. The van der Waals surface area contributed by atoms with E-state index in [9.17, 15) is 9.59 Å². The summed E-state index contributed by atoms with van der Waals surface area (Å²) in [6, 6.07) is 0. The largest absolute Gasteiger partial charge is 0.478 e. The van der Waals surface area contributed by atoms with E-state index in [1.165, 1.54) is 17.1 Å². The van der Waals surface area contributed by atoms with Crippen LogP contribution in [0.15, 0.2) is 18.6 Å². The number of carbonyl (C=O) groups excluding carboxylic acids is 1. The second kappa shape index (κ2) is 7.08. The van der Waals surface area contributed by atoms with Gasteiger partial charge in [0.2, 0.25) is 5.91 Å². The predicted molar refractivity (Wildman–Crippen MR) is 78.6 cm³/mol. The van der Waals surface area contributed by atoms with Crippen LogP contribution in [0.25, 0.3) is 0 Å². The number of hydrogen-bond acceptors (Lipinski definition) is 4. The highest BCUT2D eigenvalue weighted by Crippen LogP contribution is 2.14. The molecule has 118 valence electrons. The second-order valence-electron chi connectivity index (χ2n) is 4.58. The third-order valence-electron chi connectivity index (χ3n) is 3.10. The molecule has 0 aliphatic heterocycles. The van der Waals surface area contributed by atoms with E-state index >= 15 is 0 Å². The maximum Gasteiger partial charge on any atom is 0.338 e. The minimum absolute atomic E-state index is 0.0963. The number of nitrogens with one attached hydrogen (secondary N) is 1. The van der Waals surface area contributed by atoms with Gasteiger partial charge in [-0.05, 0) is 6.92 Å². The van der Waals surface area contributed by atoms with Crippen LogP contribution in [0.2, 0.25) is 5.02 Å². The van der Waals surface area contributed by atoms with Crippen molar-refractivity contribution in [2.24, 2.45) is 0 Å². The Labute approximate surface area is 131 Å². The number of carbonyl (C=O) groups is 2. The second-order valence-corrected chi connectivity index (χ2v) is 4.99. The SMILES string of the molecule is CCn1ncc(Cl)c1CNC(=O)CCn1cc(C(=O)O)cn1. The van der Waals surface area contributed by atoms with Crippen molar-refractivity contribution in [3.63, 3.8) is 0 Å². The van der Waals surface area contributed by atoms with Gasteiger partial charge in [-0.2, -0.15) is 10.2 Å². The molecule has 0 radical (unpaired) electrons. The highest BCUT2D eigenvalue weighted by molar-refractivity contribution is 6.31. The minimum Gasteiger partial charge on any atom is -0.478 e. The zero-order valence-corrected chi connectivity index (χ0v) is 12.7. The van der Waals surface area contributed by atoms with Crippen LogP contribution >= 0.6 is 11.6 Å². The first-order valence-corrected chi connectivity index (χ1v) is 7.11. The summed E-state index contributed by atoms with van der Waals surface area (Å²) < 4.78 is 3.14. The molecule has 0 spiro atoms. The average molecular weight is 326 g/mol. The lowest BCUT2D eigenvalue weighted by Gasteiger charge is -2.08. The standard InChI is InChI=1S/C13H16ClN5O3/c1-2-19-11(10(14)6-17-19)7-15-12(20)3-4-18-8-9(5-16-18)13(21)22/h5-6,8H,2-4,7H2,1H3,(H,15,20)(H,21,22). The van der Waals surface area contributed by atoms with Gasteiger partial charge in [-0.3, -0.25) is 14.2 Å². The highest BCUT2D eigenvalue weighted by Gasteiger charge is 2.10. The van der Waals surface area contributed by atoms with E-state index in [-0.39, 0.29) is 17.9 Å². The van der Waals surface area contributed by atoms with Crippen molar-refractivity contribution in [1.29, 1.82) is 0 Å². The Hall–Kier alpha value is -2.35. The Morgan fingerprint density at radius 1 is 1.36 bits per heavy atom. The summed E-state index contributed by atoms with van der Waals surface area (Å²) in [7, 11) is 0. The van der Waals surface area contributed by atoms with E-state index < -0.39 is 5.97 Å². The smallest absolute Gasteiger partial charge is 0.338 e. The van der Waals surface area contributed by atoms with Crippen LogP contribution in [0, 0.1) is 0 Å². The number of halogens is 1. The molecule has 0 unspecified atom stereocenters. The molecule has 0 aliphatic rings. The number of rotatable bonds is 7. The third kappa shape index (κ3) is 3.85. The number of carboxylic acids is 1. The maximum atomic E-state index is 11.8. The van der Waals surface area contributed by atoms with Crippen LogP contribution in [-0.4, -0.2) is 36.5 Å². The van der Waals surface area contributed by atoms with E-state index in [0.717, 1.165) is 5.69 Å². The van der Waals surface area contributed by atoms with Gasteiger partial charge >= 0.3 is 5.97 Å². The van der Waals surface area contributed by atoms with Crippen molar-refractivity contribution in [2.75, 3.05) is 0 Å². The first-order chi connectivity index (χ1) is 10.5. The average Bonchev–Trinajstić information content (AvgIpc) is 3.09. The summed E-state index contributed by atoms with van der Waals surface area (Å²) in [5, 5.41) is 20.0. The van der Waals surface area contributed by atoms with Crippen LogP contribution in [-0.2, 0) is 24.4 Å². The molecule has 2 rings (SSSR count). The maximum absolute atomic E-state index is 11.8. The van der Waals surface area contributed by atoms with Crippen molar-refractivity contribution in [3.8, 4) is 0 Å². The van der Waals surface area contributed by atoms with E-state index in [1.54, 1.807) is 10.9 Å². The number of carboxylic acid groups (broad SMARTS) is 1. The van der Waals surface area contributed by atoms with Crippen molar-refractivity contribution in [3.05, 3.63) is 34.9 Å². The van der Waals surface area contributed by atoms with Crippen molar-refractivity contribution in [2.45, 2.75) is 33.0 Å². The minimum atomic E-state index is -1.04. The topological polar surface area (TPSA) is 102 Å². The molecule has 9 heteroatoms. The number of aromatic carboxylic acids is 1. The number of aromatic nitrogens is 4. The Morgan fingerprint density at radius 3 is 2.77 bits per heavy atom. The predicted octanol–water partition coefficient (Wildman–Crippen LogP) is 1.16. The van der Waals surface area contributed by atoms with Crippen molar-refractivity contribution < 1.29 is 14.7 Å². The summed E-state index contributed by atoms with van der Waals surface area (Å²) in [4.78, 5) is 22.5. The van der Waals surface area contributed by atoms with Gasteiger partial charge in [-0.15, -0.1) is 0 Å². The molecule has 22 heavy (non-hydrogen) atoms. The van der Waals surface area contributed by atoms with Gasteiger partial charge in [0.25, 0.3) is 0 Å². The van der Waals surface area contributed by atoms with Crippen LogP contribution in [0.1, 0.15) is 29.4 Å². The normalized spacial score (nSPS) is 10.6. The van der Waals surface area contributed by atoms with Crippen LogP contribution in [0.4, 0.5) is 0 Å². The van der Waals surface area contributed by atoms with E-state index in [0.29, 0.717) is 24.7 Å². The quantitative estimate of drug-likeness (QED) is 0.795. The fraction of sp³-hybridized carbons (Fsp3) is 0.385. The van der Waals surface area contributed by atoms with Crippen molar-refractivity contribution >= 4 is 23.5 Å². The fourth-order valence-corrected chi connectivity index (χ4v) is 2.13. The van der Waals surface area contributed by atoms with Gasteiger partial charge in [0.15, 0.2) is 0 Å². The molecule has 2 N–H and O–H groups in total. The first-order valence-electron chi connectivity index (χ1n) is 6.74. The molecular weight excluding hydrogens is 310 g/mol. The van der Waals surface area contributed by atoms with E-state index in [2.05, 4.69) is 15.5 Å². The van der Waals surface area contributed by atoms with Crippen LogP contribution < -0.4 is 5.32 Å². The molecule has 0 saturated heterocycles. The van der Waals surface area contributed by atoms with Gasteiger partial charge in [-0.1, -0.05) is 11.6 Å². The molecule has 2 heterocycles. The number of hydrogen-bond donors (Lipinski definition) is 2. The summed E-state index contributed by atoms with van der Waals surface area (Å²) in [6.07, 6.45) is 4.38. The van der Waals surface area contributed by atoms with Crippen LogP contribution in [0.3, 0.4) is 0 Å². The summed E-state index contributed by atoms with van der Waals surface area (Å²) in [5.41, 5.74) is 0.851. The molecule has 0 atom stereocenters. The molecule has 2 aromatic rings. The summed E-state index contributed by atoms with van der Waals surface area (Å²) in [5.74, 6) is -1.22. The lowest BCUT2D eigenvalue weighted by molar-refractivity contribution is -0.121. The van der Waals surface area contributed by atoms with Gasteiger partial charge in [-0.25, -0.2) is 4.79 Å². The highest BCUT2D eigenvalue weighted by atomic mass is 35.5. The molecule has 0 aromatic carbocycles. The Balaban J connectivity index is 1.82. The Bertz CT molecular complexity index is 679. The number of aryl methyl sites for hydroxylation is 2. The van der Waals surface area contributed by atoms with Gasteiger partial charge in [0.1, 0.15) is 0 Å². The summed E-state index contributed by atoms with van der Waals surface area (Å²) in [6.45, 7) is 3.21. The molecule has 0 fully saturated rings. The number of amides is 1. The zero-order valence-electron chi connectivity index (χ0n) is 12.0. The molecular formula is C13H16ClN5O3. The lowest BCUT2D eigenvalue weighted by atomic mass is 10.3. The molecule has 0 saturated carbocycles. The fourth-order valence-electron chi connectivity index (χ4n) is 1.92. The van der Waals surface area contributed by atoms with Crippen LogP contribution in [0.5, 0.6) is 0 Å². The van der Waals surface area contributed by atoms with Crippen molar-refractivity contribution in [1.82, 2.24) is 24.9 Å². The number of nitrogens with zero attached hydrogens (tertiary/aromatic N) is 4. The molecule has 8 nitrogen and oxygen atoms in total. The Kier molecular flexibility index (Phi) is 5.16. The molecule has 0 aliphatic carbocycles. The molecule has 1 amide bonds. The van der Waals surface area contributed by atoms with E-state index in [4.69, 9.17) is 16.7 Å². The van der Waals surface area contributed by atoms with Gasteiger partial charge in [0, 0.05) is 25.7 Å². The monoisotopic (exact) mass is 325 g/mol.